The van der Waals surface area contributed by atoms with E-state index >= 15 is 0 Å². The van der Waals surface area contributed by atoms with Crippen LogP contribution in [0.5, 0.6) is 0 Å². The highest BCUT2D eigenvalue weighted by Gasteiger charge is 2.25. The molecule has 0 radical (unpaired) electrons. The normalized spacial score (nSPS) is 14.5. The van der Waals surface area contributed by atoms with Gasteiger partial charge in [-0.1, -0.05) is 41.9 Å². The predicted octanol–water partition coefficient (Wildman–Crippen LogP) is 6.31. The van der Waals surface area contributed by atoms with Crippen molar-refractivity contribution >= 4 is 46.0 Å². The van der Waals surface area contributed by atoms with Gasteiger partial charge in [0.15, 0.2) is 5.70 Å². The number of aryl methyl sites for hydroxylation is 1. The Bertz CT molecular complexity index is 1520. The number of nitro benzene ring substituents is 1. The Morgan fingerprint density at radius 2 is 1.82 bits per heavy atom. The molecule has 3 aromatic carbocycles. The maximum absolute atomic E-state index is 12.4. The second kappa shape index (κ2) is 8.03. The first kappa shape index (κ1) is 20.7. The number of fused-ring (bicyclic) bond motifs is 1. The quantitative estimate of drug-likeness (QED) is 0.154. The van der Waals surface area contributed by atoms with E-state index in [4.69, 9.17) is 20.8 Å². The zero-order valence-electron chi connectivity index (χ0n) is 17.2. The molecule has 2 heterocycles. The molecule has 5 rings (SSSR count). The van der Waals surface area contributed by atoms with E-state index in [-0.39, 0.29) is 22.3 Å². The zero-order valence-corrected chi connectivity index (χ0v) is 18.0. The van der Waals surface area contributed by atoms with Gasteiger partial charge < -0.3 is 9.15 Å². The molecule has 8 heteroatoms. The Kier molecular flexibility index (Phi) is 5.03. The SMILES string of the molecule is Cc1cc([N+](=O)[O-])c(Cl)cc1-c1ccc(/C=C2\N=C(c3ccc4ccccc4c3)OC2=O)o1. The summed E-state index contributed by atoms with van der Waals surface area (Å²) in [4.78, 5) is 27.3. The van der Waals surface area contributed by atoms with Crippen molar-refractivity contribution in [3.63, 3.8) is 0 Å². The minimum Gasteiger partial charge on any atom is -0.457 e. The van der Waals surface area contributed by atoms with Gasteiger partial charge >= 0.3 is 5.97 Å². The Labute approximate surface area is 192 Å². The van der Waals surface area contributed by atoms with Gasteiger partial charge in [-0.25, -0.2) is 9.79 Å². The van der Waals surface area contributed by atoms with E-state index in [9.17, 15) is 14.9 Å². The Hall–Kier alpha value is -4.23. The van der Waals surface area contributed by atoms with E-state index in [1.165, 1.54) is 18.2 Å². The summed E-state index contributed by atoms with van der Waals surface area (Å²) >= 11 is 6.05. The first-order valence-corrected chi connectivity index (χ1v) is 10.3. The Morgan fingerprint density at radius 1 is 1.03 bits per heavy atom. The summed E-state index contributed by atoms with van der Waals surface area (Å²) in [5, 5.41) is 13.2. The van der Waals surface area contributed by atoms with Crippen molar-refractivity contribution < 1.29 is 18.9 Å². The zero-order chi connectivity index (χ0) is 23.1. The van der Waals surface area contributed by atoms with Crippen LogP contribution in [0, 0.1) is 17.0 Å². The summed E-state index contributed by atoms with van der Waals surface area (Å²) in [5.41, 5.74) is 1.89. The van der Waals surface area contributed by atoms with Gasteiger partial charge in [0, 0.05) is 23.3 Å². The van der Waals surface area contributed by atoms with Crippen molar-refractivity contribution in [2.24, 2.45) is 4.99 Å². The lowest BCUT2D eigenvalue weighted by molar-refractivity contribution is -0.384. The largest absolute Gasteiger partial charge is 0.457 e. The molecule has 33 heavy (non-hydrogen) atoms. The summed E-state index contributed by atoms with van der Waals surface area (Å²) in [6.07, 6.45) is 1.49. The number of carbonyl (C=O) groups is 1. The summed E-state index contributed by atoms with van der Waals surface area (Å²) in [5.74, 6) is 0.489. The molecule has 1 aliphatic rings. The molecule has 7 nitrogen and oxygen atoms in total. The van der Waals surface area contributed by atoms with E-state index in [1.54, 1.807) is 19.1 Å². The molecule has 162 valence electrons. The van der Waals surface area contributed by atoms with Crippen LogP contribution < -0.4 is 0 Å². The van der Waals surface area contributed by atoms with Crippen LogP contribution in [0.1, 0.15) is 16.9 Å². The third-order valence-electron chi connectivity index (χ3n) is 5.28. The molecule has 1 aliphatic heterocycles. The fraction of sp³-hybridized carbons (Fsp3) is 0.0400. The Balaban J connectivity index is 1.45. The number of ether oxygens (including phenoxy) is 1. The van der Waals surface area contributed by atoms with Crippen LogP contribution in [0.2, 0.25) is 5.02 Å². The van der Waals surface area contributed by atoms with Gasteiger partial charge in [-0.15, -0.1) is 0 Å². The molecule has 0 saturated carbocycles. The summed E-state index contributed by atoms with van der Waals surface area (Å²) in [6.45, 7) is 1.73. The standard InChI is InChI=1S/C25H15ClN2O5/c1-14-10-22(28(30)31)20(26)13-19(14)23-9-8-18(32-23)12-21-25(29)33-24(27-21)17-7-6-15-4-2-3-5-16(15)11-17/h2-13H,1H3/b21-12-. The fourth-order valence-electron chi connectivity index (χ4n) is 3.64. The number of nitrogens with zero attached hydrogens (tertiary/aromatic N) is 2. The lowest BCUT2D eigenvalue weighted by Crippen LogP contribution is -2.05. The first-order chi connectivity index (χ1) is 15.9. The minimum absolute atomic E-state index is 0.0147. The van der Waals surface area contributed by atoms with Crippen LogP contribution >= 0.6 is 11.6 Å². The number of furan rings is 1. The van der Waals surface area contributed by atoms with E-state index in [2.05, 4.69) is 4.99 Å². The highest BCUT2D eigenvalue weighted by molar-refractivity contribution is 6.33. The van der Waals surface area contributed by atoms with Gasteiger partial charge in [0.2, 0.25) is 5.90 Å². The van der Waals surface area contributed by atoms with E-state index in [0.29, 0.717) is 28.2 Å². The minimum atomic E-state index is -0.578. The number of hydrogen-bond donors (Lipinski definition) is 0. The molecule has 0 spiro atoms. The lowest BCUT2D eigenvalue weighted by atomic mass is 10.1. The van der Waals surface area contributed by atoms with Crippen molar-refractivity contribution in [3.8, 4) is 11.3 Å². The number of benzene rings is 3. The number of rotatable bonds is 4. The number of aliphatic imine (C=N–C) groups is 1. The van der Waals surface area contributed by atoms with E-state index in [0.717, 1.165) is 10.8 Å². The molecule has 0 aliphatic carbocycles. The van der Waals surface area contributed by atoms with Crippen LogP contribution in [0.15, 0.2) is 81.8 Å². The van der Waals surface area contributed by atoms with Gasteiger partial charge in [-0.05, 0) is 53.6 Å². The molecule has 0 N–H and O–H groups in total. The number of esters is 1. The number of carbonyl (C=O) groups excluding carboxylic acids is 1. The predicted molar refractivity (Wildman–Crippen MR) is 125 cm³/mol. The molecule has 0 atom stereocenters. The van der Waals surface area contributed by atoms with Crippen LogP contribution in [0.3, 0.4) is 0 Å². The number of cyclic esters (lactones) is 1. The first-order valence-electron chi connectivity index (χ1n) is 9.95. The maximum Gasteiger partial charge on any atom is 0.363 e. The average Bonchev–Trinajstić information content (AvgIpc) is 3.41. The van der Waals surface area contributed by atoms with Crippen molar-refractivity contribution in [3.05, 3.63) is 104 Å². The molecule has 4 aromatic rings. The van der Waals surface area contributed by atoms with E-state index in [1.807, 2.05) is 42.5 Å². The highest BCUT2D eigenvalue weighted by Crippen LogP contribution is 2.34. The highest BCUT2D eigenvalue weighted by atomic mass is 35.5. The monoisotopic (exact) mass is 458 g/mol. The summed E-state index contributed by atoms with van der Waals surface area (Å²) in [6, 6.07) is 19.8. The maximum atomic E-state index is 12.4. The van der Waals surface area contributed by atoms with Gasteiger partial charge in [0.25, 0.3) is 5.69 Å². The third kappa shape index (κ3) is 3.90. The fourth-order valence-corrected chi connectivity index (χ4v) is 3.87. The molecular weight excluding hydrogens is 444 g/mol. The van der Waals surface area contributed by atoms with Crippen molar-refractivity contribution in [2.45, 2.75) is 6.92 Å². The lowest BCUT2D eigenvalue weighted by Gasteiger charge is -2.04. The Morgan fingerprint density at radius 3 is 2.61 bits per heavy atom. The average molecular weight is 459 g/mol. The van der Waals surface area contributed by atoms with Crippen LogP contribution in [-0.2, 0) is 9.53 Å². The number of hydrogen-bond acceptors (Lipinski definition) is 6. The van der Waals surface area contributed by atoms with Crippen molar-refractivity contribution in [2.75, 3.05) is 0 Å². The van der Waals surface area contributed by atoms with Crippen molar-refractivity contribution in [1.82, 2.24) is 0 Å². The molecular formula is C25H15ClN2O5. The van der Waals surface area contributed by atoms with Gasteiger partial charge in [-0.2, -0.15) is 0 Å². The van der Waals surface area contributed by atoms with Gasteiger partial charge in [0.1, 0.15) is 16.5 Å². The molecule has 0 amide bonds. The van der Waals surface area contributed by atoms with Gasteiger partial charge in [-0.3, -0.25) is 10.1 Å². The third-order valence-corrected chi connectivity index (χ3v) is 5.58. The van der Waals surface area contributed by atoms with Crippen LogP contribution in [0.25, 0.3) is 28.2 Å². The molecule has 0 bridgehead atoms. The molecule has 0 saturated heterocycles. The molecule has 0 fully saturated rings. The summed E-state index contributed by atoms with van der Waals surface area (Å²) < 4.78 is 11.2. The second-order valence-electron chi connectivity index (χ2n) is 7.48. The molecule has 1 aromatic heterocycles. The van der Waals surface area contributed by atoms with Crippen LogP contribution in [-0.4, -0.2) is 16.8 Å². The van der Waals surface area contributed by atoms with Crippen molar-refractivity contribution in [1.29, 1.82) is 0 Å². The van der Waals surface area contributed by atoms with Crippen LogP contribution in [0.4, 0.5) is 5.69 Å². The molecule has 0 unspecified atom stereocenters. The summed E-state index contributed by atoms with van der Waals surface area (Å²) in [7, 11) is 0. The second-order valence-corrected chi connectivity index (χ2v) is 7.88. The number of halogens is 1. The smallest absolute Gasteiger partial charge is 0.363 e. The number of nitro groups is 1. The topological polar surface area (TPSA) is 94.9 Å². The van der Waals surface area contributed by atoms with Gasteiger partial charge in [0.05, 0.1) is 4.92 Å². The van der Waals surface area contributed by atoms with E-state index < -0.39 is 10.9 Å².